The van der Waals surface area contributed by atoms with E-state index in [0.29, 0.717) is 5.75 Å². The molecule has 0 aromatic heterocycles. The molecule has 16 heteroatoms. The molecule has 4 unspecified atom stereocenters. The normalized spacial score (nSPS) is 28.6. The van der Waals surface area contributed by atoms with Crippen LogP contribution in [0.3, 0.4) is 0 Å². The zero-order valence-corrected chi connectivity index (χ0v) is 24.0. The molecule has 2 bridgehead atoms. The molecule has 3 heterocycles. The van der Waals surface area contributed by atoms with Crippen LogP contribution < -0.4 is 4.74 Å². The summed E-state index contributed by atoms with van der Waals surface area (Å²) in [5.41, 5.74) is 0.902. The molecule has 3 aliphatic rings. The van der Waals surface area contributed by atoms with E-state index in [4.69, 9.17) is 14.2 Å². The van der Waals surface area contributed by atoms with Crippen molar-refractivity contribution in [1.82, 2.24) is 0 Å². The minimum Gasteiger partial charge on any atom is -0.743 e. The van der Waals surface area contributed by atoms with Gasteiger partial charge in [-0.2, -0.15) is 17.6 Å². The van der Waals surface area contributed by atoms with Crippen LogP contribution in [0.5, 0.6) is 5.75 Å². The maximum atomic E-state index is 13.5. The largest absolute Gasteiger partial charge is 0.743 e. The molecule has 34 heavy (non-hydrogen) atoms. The molecule has 0 saturated carbocycles. The molecule has 8 nitrogen and oxygen atoms in total. The number of carbonyl (C=O) groups excluding carboxylic acids is 1. The highest BCUT2D eigenvalue weighted by atomic mass is 127. The van der Waals surface area contributed by atoms with Crippen molar-refractivity contribution in [2.24, 2.45) is 5.92 Å². The van der Waals surface area contributed by atoms with Gasteiger partial charge in [-0.1, -0.05) is 0 Å². The third-order valence-electron chi connectivity index (χ3n) is 5.89. The zero-order valence-electron chi connectivity index (χ0n) is 16.7. The van der Waals surface area contributed by atoms with Gasteiger partial charge in [-0.05, 0) is 80.3 Å². The van der Waals surface area contributed by atoms with Crippen LogP contribution in [0.1, 0.15) is 24.8 Å². The van der Waals surface area contributed by atoms with Gasteiger partial charge < -0.3 is 23.5 Å². The summed E-state index contributed by atoms with van der Waals surface area (Å²) in [7, 11) is -6.60. The SMILES string of the molecule is O=C(OCCC(F)(F)C(F)(F)S(=O)(=O)[O-])C1CC2OC1CC21OCc2c(I)c(I)cc(I)c2O1. The molecule has 1 spiro atoms. The van der Waals surface area contributed by atoms with Crippen molar-refractivity contribution in [2.45, 2.75) is 55.0 Å². The third-order valence-corrected chi connectivity index (χ3v) is 10.7. The van der Waals surface area contributed by atoms with Crippen LogP contribution in [-0.2, 0) is 35.7 Å². The lowest BCUT2D eigenvalue weighted by Crippen LogP contribution is -2.52. The van der Waals surface area contributed by atoms with Gasteiger partial charge in [0.1, 0.15) is 11.9 Å². The quantitative estimate of drug-likeness (QED) is 0.139. The molecule has 4 atom stereocenters. The van der Waals surface area contributed by atoms with Crippen molar-refractivity contribution in [3.8, 4) is 5.75 Å². The van der Waals surface area contributed by atoms with Crippen LogP contribution in [0.2, 0.25) is 0 Å². The van der Waals surface area contributed by atoms with Gasteiger partial charge in [0.25, 0.3) is 0 Å². The van der Waals surface area contributed by atoms with Crippen molar-refractivity contribution in [1.29, 1.82) is 0 Å². The van der Waals surface area contributed by atoms with Gasteiger partial charge in [-0.15, -0.1) is 0 Å². The number of hydrogen-bond donors (Lipinski definition) is 0. The van der Waals surface area contributed by atoms with E-state index < -0.39 is 64.2 Å². The van der Waals surface area contributed by atoms with Crippen LogP contribution >= 0.6 is 67.8 Å². The van der Waals surface area contributed by atoms with Crippen LogP contribution in [0.15, 0.2) is 6.07 Å². The van der Waals surface area contributed by atoms with Crippen molar-refractivity contribution < 1.29 is 54.3 Å². The summed E-state index contributed by atoms with van der Waals surface area (Å²) >= 11 is 6.58. The molecule has 3 aliphatic heterocycles. The summed E-state index contributed by atoms with van der Waals surface area (Å²) in [4.78, 5) is 12.4. The third kappa shape index (κ3) is 4.54. The lowest BCUT2D eigenvalue weighted by Gasteiger charge is -2.41. The first-order valence-corrected chi connectivity index (χ1v) is 14.3. The molecule has 0 N–H and O–H groups in total. The van der Waals surface area contributed by atoms with E-state index in [-0.39, 0.29) is 19.4 Å². The second-order valence-electron chi connectivity index (χ2n) is 7.97. The van der Waals surface area contributed by atoms with Crippen molar-refractivity contribution in [3.63, 3.8) is 0 Å². The Hall–Kier alpha value is 0.230. The standard InChI is InChI=1S/C18H15F4I3O8S/c19-17(20,18(21,22)34(27,28)29)1-2-30-15(26)7-3-12-16(5-11(7)32-12)31-6-8-13(25)9(23)4-10(24)14(8)33-16/h4,7,11-12H,1-3,5-6H2,(H,27,28,29)/p-1. The number of ether oxygens (including phenoxy) is 4. The molecule has 0 radical (unpaired) electrons. The molecule has 2 saturated heterocycles. The molecular weight excluding hydrogens is 833 g/mol. The number of alkyl halides is 4. The molecule has 1 aromatic rings. The zero-order chi connectivity index (χ0) is 25.3. The Balaban J connectivity index is 1.37. The minimum atomic E-state index is -6.60. The Morgan fingerprint density at radius 1 is 1.24 bits per heavy atom. The van der Waals surface area contributed by atoms with E-state index in [1.54, 1.807) is 0 Å². The Morgan fingerprint density at radius 3 is 2.50 bits per heavy atom. The number of carbonyl (C=O) groups is 1. The van der Waals surface area contributed by atoms with Crippen molar-refractivity contribution in [2.75, 3.05) is 6.61 Å². The molecule has 1 aromatic carbocycles. The molecule has 190 valence electrons. The highest BCUT2D eigenvalue weighted by Crippen LogP contribution is 2.52. The predicted molar refractivity (Wildman–Crippen MR) is 129 cm³/mol. The number of esters is 1. The highest BCUT2D eigenvalue weighted by molar-refractivity contribution is 14.1. The average molecular weight is 847 g/mol. The van der Waals surface area contributed by atoms with Crippen LogP contribution in [-0.4, -0.2) is 54.7 Å². The molecule has 0 aliphatic carbocycles. The van der Waals surface area contributed by atoms with Gasteiger partial charge in [0, 0.05) is 19.1 Å². The first-order chi connectivity index (χ1) is 15.6. The van der Waals surface area contributed by atoms with Crippen LogP contribution in [0.4, 0.5) is 17.6 Å². The Labute approximate surface area is 231 Å². The monoisotopic (exact) mass is 847 g/mol. The maximum absolute atomic E-state index is 13.5. The fraction of sp³-hybridized carbons (Fsp3) is 0.611. The van der Waals surface area contributed by atoms with Gasteiger partial charge in [0.2, 0.25) is 5.79 Å². The van der Waals surface area contributed by atoms with Crippen LogP contribution in [0.25, 0.3) is 0 Å². The molecule has 2 fully saturated rings. The number of benzene rings is 1. The summed E-state index contributed by atoms with van der Waals surface area (Å²) in [6.07, 6.45) is -2.93. The maximum Gasteiger partial charge on any atom is 0.396 e. The Kier molecular flexibility index (Phi) is 7.38. The second-order valence-corrected chi connectivity index (χ2v) is 12.8. The fourth-order valence-corrected chi connectivity index (χ4v) is 7.12. The molecular formula is C18H14F4I3O8S-. The van der Waals surface area contributed by atoms with E-state index in [0.717, 1.165) is 16.3 Å². The van der Waals surface area contributed by atoms with Gasteiger partial charge in [0.15, 0.2) is 10.1 Å². The van der Waals surface area contributed by atoms with E-state index in [2.05, 4.69) is 72.5 Å². The number of hydrogen-bond acceptors (Lipinski definition) is 8. The number of rotatable bonds is 6. The number of halogens is 7. The first kappa shape index (κ1) is 27.3. The van der Waals surface area contributed by atoms with Crippen molar-refractivity contribution in [3.05, 3.63) is 22.3 Å². The fourth-order valence-electron chi connectivity index (χ4n) is 4.12. The van der Waals surface area contributed by atoms with E-state index in [1.807, 2.05) is 6.07 Å². The minimum absolute atomic E-state index is 0.0956. The molecule has 0 amide bonds. The van der Waals surface area contributed by atoms with Gasteiger partial charge >= 0.3 is 17.1 Å². The Bertz CT molecular complexity index is 1130. The van der Waals surface area contributed by atoms with Gasteiger partial charge in [0.05, 0.1) is 35.2 Å². The number of fused-ring (bicyclic) bond motifs is 4. The predicted octanol–water partition coefficient (Wildman–Crippen LogP) is 3.99. The average Bonchev–Trinajstić information content (AvgIpc) is 3.29. The summed E-state index contributed by atoms with van der Waals surface area (Å²) in [5.74, 6) is -7.48. The lowest BCUT2D eigenvalue weighted by atomic mass is 9.84. The smallest absolute Gasteiger partial charge is 0.396 e. The van der Waals surface area contributed by atoms with Gasteiger partial charge in [-0.25, -0.2) is 8.42 Å². The summed E-state index contributed by atoms with van der Waals surface area (Å²) in [6, 6.07) is 1.96. The van der Waals surface area contributed by atoms with Crippen molar-refractivity contribution >= 4 is 83.9 Å². The highest BCUT2D eigenvalue weighted by Gasteiger charge is 2.64. The lowest BCUT2D eigenvalue weighted by molar-refractivity contribution is -0.232. The molecule has 4 rings (SSSR count). The Morgan fingerprint density at radius 2 is 1.91 bits per heavy atom. The second kappa shape index (κ2) is 9.21. The van der Waals surface area contributed by atoms with Crippen LogP contribution in [0, 0.1) is 16.6 Å². The van der Waals surface area contributed by atoms with E-state index in [9.17, 15) is 35.3 Å². The topological polar surface area (TPSA) is 111 Å². The van der Waals surface area contributed by atoms with E-state index >= 15 is 0 Å². The van der Waals surface area contributed by atoms with E-state index in [1.165, 1.54) is 0 Å². The summed E-state index contributed by atoms with van der Waals surface area (Å²) < 4.78 is 110. The first-order valence-electron chi connectivity index (χ1n) is 9.62. The van der Waals surface area contributed by atoms with Gasteiger partial charge in [-0.3, -0.25) is 4.79 Å². The summed E-state index contributed by atoms with van der Waals surface area (Å²) in [5, 5.41) is -5.83. The summed E-state index contributed by atoms with van der Waals surface area (Å²) in [6.45, 7) is -0.931.